The second-order valence-corrected chi connectivity index (χ2v) is 3.65. The Hall–Kier alpha value is -2.44. The second kappa shape index (κ2) is 5.59. The Bertz CT molecular complexity index is 562. The summed E-state index contributed by atoms with van der Waals surface area (Å²) in [5.74, 6) is 8.79. The van der Waals surface area contributed by atoms with Crippen molar-refractivity contribution in [3.8, 4) is 24.2 Å². The Morgan fingerprint density at radius 3 is 2.00 bits per heavy atom. The van der Waals surface area contributed by atoms with E-state index in [1.807, 2.05) is 60.7 Å². The zero-order chi connectivity index (χ0) is 11.9. The van der Waals surface area contributed by atoms with Gasteiger partial charge in [0.1, 0.15) is 5.92 Å². The molecule has 0 aliphatic heterocycles. The fourth-order valence-electron chi connectivity index (χ4n) is 1.54. The summed E-state index contributed by atoms with van der Waals surface area (Å²) in [4.78, 5) is 0. The van der Waals surface area contributed by atoms with Gasteiger partial charge in [-0.3, -0.25) is 0 Å². The molecule has 0 nitrogen and oxygen atoms in total. The van der Waals surface area contributed by atoms with Gasteiger partial charge in [-0.05, 0) is 17.7 Å². The molecule has 0 aliphatic carbocycles. The van der Waals surface area contributed by atoms with Gasteiger partial charge >= 0.3 is 0 Å². The summed E-state index contributed by atoms with van der Waals surface area (Å²) < 4.78 is 0. The molecule has 0 fully saturated rings. The molecule has 0 heterocycles. The first-order chi connectivity index (χ1) is 8.40. The predicted octanol–water partition coefficient (Wildman–Crippen LogP) is 3.46. The van der Waals surface area contributed by atoms with Crippen LogP contribution in [0.15, 0.2) is 60.7 Å². The number of hydrogen-bond donors (Lipinski definition) is 0. The fraction of sp³-hybridized carbons (Fsp3) is 0.0588. The highest BCUT2D eigenvalue weighted by atomic mass is 14.0. The molecule has 0 aromatic heterocycles. The highest BCUT2D eigenvalue weighted by molar-refractivity contribution is 5.41. The van der Waals surface area contributed by atoms with E-state index in [4.69, 9.17) is 6.42 Å². The van der Waals surface area contributed by atoms with Crippen molar-refractivity contribution in [3.63, 3.8) is 0 Å². The van der Waals surface area contributed by atoms with Gasteiger partial charge in [0.25, 0.3) is 0 Å². The standard InChI is InChI=1S/C17H12/c1-2-16(17-11-7-4-8-12-17)14-13-15-9-5-3-6-10-15/h1,3-12,16H. The van der Waals surface area contributed by atoms with E-state index in [1.165, 1.54) is 0 Å². The maximum Gasteiger partial charge on any atom is 0.106 e. The van der Waals surface area contributed by atoms with Gasteiger partial charge in [-0.1, -0.05) is 66.3 Å². The van der Waals surface area contributed by atoms with Gasteiger partial charge in [0, 0.05) is 5.56 Å². The van der Waals surface area contributed by atoms with E-state index in [0.29, 0.717) is 0 Å². The highest BCUT2D eigenvalue weighted by Gasteiger charge is 2.02. The molecule has 1 unspecified atom stereocenters. The summed E-state index contributed by atoms with van der Waals surface area (Å²) >= 11 is 0. The van der Waals surface area contributed by atoms with Gasteiger partial charge in [0.15, 0.2) is 0 Å². The Morgan fingerprint density at radius 2 is 1.41 bits per heavy atom. The highest BCUT2D eigenvalue weighted by Crippen LogP contribution is 2.13. The number of hydrogen-bond acceptors (Lipinski definition) is 0. The minimum absolute atomic E-state index is 0.142. The Kier molecular flexibility index (Phi) is 3.64. The molecule has 0 radical (unpaired) electrons. The normalized spacial score (nSPS) is 10.8. The number of terminal acetylenes is 1. The van der Waals surface area contributed by atoms with E-state index in [0.717, 1.165) is 11.1 Å². The van der Waals surface area contributed by atoms with Crippen LogP contribution >= 0.6 is 0 Å². The lowest BCUT2D eigenvalue weighted by Gasteiger charge is -2.02. The molecule has 0 saturated heterocycles. The van der Waals surface area contributed by atoms with Gasteiger partial charge < -0.3 is 0 Å². The lowest BCUT2D eigenvalue weighted by molar-refractivity contribution is 1.17. The molecule has 0 N–H and O–H groups in total. The minimum atomic E-state index is -0.142. The second-order valence-electron chi connectivity index (χ2n) is 3.65. The molecule has 2 aromatic rings. The van der Waals surface area contributed by atoms with Crippen LogP contribution in [0.5, 0.6) is 0 Å². The summed E-state index contributed by atoms with van der Waals surface area (Å²) in [5, 5.41) is 0. The SMILES string of the molecule is C#CC(C#Cc1ccccc1)c1ccccc1. The van der Waals surface area contributed by atoms with E-state index in [-0.39, 0.29) is 5.92 Å². The molecule has 17 heavy (non-hydrogen) atoms. The van der Waals surface area contributed by atoms with Crippen molar-refractivity contribution >= 4 is 0 Å². The number of benzene rings is 2. The zero-order valence-electron chi connectivity index (χ0n) is 9.43. The van der Waals surface area contributed by atoms with Crippen LogP contribution in [0.1, 0.15) is 17.0 Å². The van der Waals surface area contributed by atoms with Crippen molar-refractivity contribution in [1.82, 2.24) is 0 Å². The summed E-state index contributed by atoms with van der Waals surface area (Å²) in [6.45, 7) is 0. The van der Waals surface area contributed by atoms with Crippen LogP contribution in [0, 0.1) is 24.2 Å². The summed E-state index contributed by atoms with van der Waals surface area (Å²) in [7, 11) is 0. The third kappa shape index (κ3) is 3.00. The lowest BCUT2D eigenvalue weighted by Crippen LogP contribution is -1.91. The van der Waals surface area contributed by atoms with Gasteiger partial charge in [-0.15, -0.1) is 6.42 Å². The van der Waals surface area contributed by atoms with Crippen molar-refractivity contribution in [2.24, 2.45) is 0 Å². The first kappa shape index (κ1) is 11.1. The number of rotatable bonds is 1. The Labute approximate surface area is 102 Å². The summed E-state index contributed by atoms with van der Waals surface area (Å²) in [6.07, 6.45) is 5.52. The first-order valence-electron chi connectivity index (χ1n) is 5.48. The van der Waals surface area contributed by atoms with Crippen molar-refractivity contribution in [2.75, 3.05) is 0 Å². The van der Waals surface area contributed by atoms with Crippen molar-refractivity contribution in [1.29, 1.82) is 0 Å². The lowest BCUT2D eigenvalue weighted by atomic mass is 10.0. The molecule has 1 atom stereocenters. The molecule has 0 spiro atoms. The van der Waals surface area contributed by atoms with E-state index in [2.05, 4.69) is 17.8 Å². The van der Waals surface area contributed by atoms with Crippen LogP contribution in [0.2, 0.25) is 0 Å². The molecule has 0 amide bonds. The van der Waals surface area contributed by atoms with E-state index in [1.54, 1.807) is 0 Å². The maximum atomic E-state index is 5.52. The fourth-order valence-corrected chi connectivity index (χ4v) is 1.54. The van der Waals surface area contributed by atoms with Crippen LogP contribution in [0.4, 0.5) is 0 Å². The van der Waals surface area contributed by atoms with Gasteiger partial charge in [-0.25, -0.2) is 0 Å². The Morgan fingerprint density at radius 1 is 0.824 bits per heavy atom. The molecule has 2 aromatic carbocycles. The molecule has 0 aliphatic rings. The minimum Gasteiger partial charge on any atom is -0.118 e. The molecule has 80 valence electrons. The van der Waals surface area contributed by atoms with Crippen LogP contribution in [-0.4, -0.2) is 0 Å². The summed E-state index contributed by atoms with van der Waals surface area (Å²) in [6, 6.07) is 19.8. The van der Waals surface area contributed by atoms with Crippen molar-refractivity contribution < 1.29 is 0 Å². The third-order valence-electron chi connectivity index (χ3n) is 2.43. The smallest absolute Gasteiger partial charge is 0.106 e. The average molecular weight is 216 g/mol. The van der Waals surface area contributed by atoms with Gasteiger partial charge in [0.2, 0.25) is 0 Å². The topological polar surface area (TPSA) is 0 Å². The van der Waals surface area contributed by atoms with Crippen molar-refractivity contribution in [3.05, 3.63) is 71.8 Å². The first-order valence-corrected chi connectivity index (χ1v) is 5.48. The molecule has 2 rings (SSSR count). The van der Waals surface area contributed by atoms with Crippen LogP contribution in [-0.2, 0) is 0 Å². The summed E-state index contributed by atoms with van der Waals surface area (Å²) in [5.41, 5.74) is 2.06. The quantitative estimate of drug-likeness (QED) is 0.640. The molecule has 0 bridgehead atoms. The molecule has 0 heteroatoms. The van der Waals surface area contributed by atoms with Gasteiger partial charge in [-0.2, -0.15) is 0 Å². The van der Waals surface area contributed by atoms with Crippen LogP contribution in [0.3, 0.4) is 0 Å². The predicted molar refractivity (Wildman–Crippen MR) is 71.3 cm³/mol. The molecular weight excluding hydrogens is 204 g/mol. The van der Waals surface area contributed by atoms with E-state index < -0.39 is 0 Å². The van der Waals surface area contributed by atoms with E-state index >= 15 is 0 Å². The maximum absolute atomic E-state index is 5.52. The zero-order valence-corrected chi connectivity index (χ0v) is 9.43. The van der Waals surface area contributed by atoms with Crippen LogP contribution in [0.25, 0.3) is 0 Å². The third-order valence-corrected chi connectivity index (χ3v) is 2.43. The monoisotopic (exact) mass is 216 g/mol. The molecule has 0 saturated carbocycles. The van der Waals surface area contributed by atoms with Gasteiger partial charge in [0.05, 0.1) is 0 Å². The largest absolute Gasteiger partial charge is 0.118 e. The average Bonchev–Trinajstić information content (AvgIpc) is 2.42. The van der Waals surface area contributed by atoms with Crippen molar-refractivity contribution in [2.45, 2.75) is 5.92 Å². The van der Waals surface area contributed by atoms with E-state index in [9.17, 15) is 0 Å². The molecular formula is C17H12. The van der Waals surface area contributed by atoms with Crippen LogP contribution < -0.4 is 0 Å². The Balaban J connectivity index is 2.24.